The molecule has 1 fully saturated rings. The molecule has 3 nitrogen and oxygen atoms in total. The van der Waals surface area contributed by atoms with Crippen LogP contribution < -0.4 is 5.32 Å². The summed E-state index contributed by atoms with van der Waals surface area (Å²) in [4.78, 5) is 11.8. The van der Waals surface area contributed by atoms with Crippen LogP contribution in [0.1, 0.15) is 23.5 Å². The first kappa shape index (κ1) is 12.1. The third-order valence-electron chi connectivity index (χ3n) is 3.57. The van der Waals surface area contributed by atoms with Crippen molar-refractivity contribution in [1.82, 2.24) is 5.32 Å². The Bertz CT molecular complexity index is 403. The molecule has 1 saturated heterocycles. The molecule has 1 N–H and O–H groups in total. The van der Waals surface area contributed by atoms with E-state index in [1.165, 1.54) is 18.2 Å². The van der Waals surface area contributed by atoms with Crippen molar-refractivity contribution in [1.29, 1.82) is 0 Å². The van der Waals surface area contributed by atoms with Crippen LogP contribution in [-0.4, -0.2) is 26.2 Å². The number of ether oxygens (including phenoxy) is 1. The van der Waals surface area contributed by atoms with Gasteiger partial charge in [-0.2, -0.15) is 0 Å². The molecule has 1 aliphatic rings. The van der Waals surface area contributed by atoms with Gasteiger partial charge in [0.05, 0.1) is 13.0 Å². The molecular weight excluding hydrogens is 214 g/mol. The van der Waals surface area contributed by atoms with Gasteiger partial charge in [0.1, 0.15) is 0 Å². The van der Waals surface area contributed by atoms with Gasteiger partial charge in [-0.1, -0.05) is 24.3 Å². The molecule has 0 amide bonds. The third-order valence-corrected chi connectivity index (χ3v) is 3.57. The van der Waals surface area contributed by atoms with Crippen LogP contribution in [0, 0.1) is 12.8 Å². The lowest BCUT2D eigenvalue weighted by molar-refractivity contribution is -0.147. The molecule has 0 spiro atoms. The molecule has 3 heteroatoms. The number of methoxy groups -OCH3 is 1. The number of hydrogen-bond acceptors (Lipinski definition) is 3. The Labute approximate surface area is 102 Å². The summed E-state index contributed by atoms with van der Waals surface area (Å²) < 4.78 is 4.91. The molecule has 1 aromatic carbocycles. The second kappa shape index (κ2) is 5.32. The Balaban J connectivity index is 2.28. The van der Waals surface area contributed by atoms with Crippen molar-refractivity contribution in [2.45, 2.75) is 19.3 Å². The van der Waals surface area contributed by atoms with Crippen molar-refractivity contribution in [3.8, 4) is 0 Å². The number of rotatable bonds is 2. The smallest absolute Gasteiger partial charge is 0.309 e. The number of carbonyl (C=O) groups excluding carboxylic acids is 1. The van der Waals surface area contributed by atoms with Gasteiger partial charge in [-0.15, -0.1) is 0 Å². The monoisotopic (exact) mass is 233 g/mol. The number of nitrogens with one attached hydrogen (secondary N) is 1. The minimum atomic E-state index is -0.0836. The molecule has 17 heavy (non-hydrogen) atoms. The zero-order valence-electron chi connectivity index (χ0n) is 10.4. The topological polar surface area (TPSA) is 38.3 Å². The molecule has 0 saturated carbocycles. The standard InChI is InChI=1S/C14H19NO2/c1-10-5-3-4-6-11(10)13-9-15-8-7-12(13)14(16)17-2/h3-6,12-13,15H,7-9H2,1-2H3/t12-,13-/m1/s1. The van der Waals surface area contributed by atoms with Crippen LogP contribution in [0.15, 0.2) is 24.3 Å². The van der Waals surface area contributed by atoms with Crippen LogP contribution in [0.3, 0.4) is 0 Å². The van der Waals surface area contributed by atoms with E-state index in [4.69, 9.17) is 4.74 Å². The molecule has 0 bridgehead atoms. The quantitative estimate of drug-likeness (QED) is 0.792. The molecule has 1 aliphatic heterocycles. The van der Waals surface area contributed by atoms with Crippen molar-refractivity contribution in [2.24, 2.45) is 5.92 Å². The maximum atomic E-state index is 11.8. The predicted octanol–water partition coefficient (Wildman–Crippen LogP) is 1.86. The summed E-state index contributed by atoms with van der Waals surface area (Å²) in [6.45, 7) is 3.84. The molecule has 1 aromatic rings. The lowest BCUT2D eigenvalue weighted by Crippen LogP contribution is -2.39. The summed E-state index contributed by atoms with van der Waals surface area (Å²) in [6, 6.07) is 8.27. The van der Waals surface area contributed by atoms with Crippen LogP contribution in [-0.2, 0) is 9.53 Å². The van der Waals surface area contributed by atoms with E-state index in [0.717, 1.165) is 19.5 Å². The minimum Gasteiger partial charge on any atom is -0.469 e. The summed E-state index contributed by atoms with van der Waals surface area (Å²) in [5.41, 5.74) is 2.50. The Morgan fingerprint density at radius 3 is 2.88 bits per heavy atom. The zero-order chi connectivity index (χ0) is 12.3. The molecule has 0 aliphatic carbocycles. The van der Waals surface area contributed by atoms with Crippen LogP contribution in [0.5, 0.6) is 0 Å². The first-order valence-corrected chi connectivity index (χ1v) is 6.08. The summed E-state index contributed by atoms with van der Waals surface area (Å²) in [7, 11) is 1.47. The fraction of sp³-hybridized carbons (Fsp3) is 0.500. The molecule has 0 radical (unpaired) electrons. The van der Waals surface area contributed by atoms with E-state index in [1.54, 1.807) is 0 Å². The number of aryl methyl sites for hydroxylation is 1. The fourth-order valence-corrected chi connectivity index (χ4v) is 2.62. The van der Waals surface area contributed by atoms with E-state index >= 15 is 0 Å². The fourth-order valence-electron chi connectivity index (χ4n) is 2.62. The Kier molecular flexibility index (Phi) is 3.79. The van der Waals surface area contributed by atoms with Gasteiger partial charge >= 0.3 is 5.97 Å². The van der Waals surface area contributed by atoms with Crippen molar-refractivity contribution < 1.29 is 9.53 Å². The Morgan fingerprint density at radius 1 is 1.41 bits per heavy atom. The van der Waals surface area contributed by atoms with Gasteiger partial charge in [0.15, 0.2) is 0 Å². The van der Waals surface area contributed by atoms with Crippen LogP contribution >= 0.6 is 0 Å². The second-order valence-electron chi connectivity index (χ2n) is 4.59. The minimum absolute atomic E-state index is 0.0117. The number of carbonyl (C=O) groups is 1. The van der Waals surface area contributed by atoms with Crippen molar-refractivity contribution in [2.75, 3.05) is 20.2 Å². The number of benzene rings is 1. The predicted molar refractivity (Wildman–Crippen MR) is 66.9 cm³/mol. The third kappa shape index (κ3) is 2.50. The molecule has 2 atom stereocenters. The summed E-state index contributed by atoms with van der Waals surface area (Å²) in [5, 5.41) is 3.36. The highest BCUT2D eigenvalue weighted by Crippen LogP contribution is 2.31. The van der Waals surface area contributed by atoms with Crippen molar-refractivity contribution in [3.05, 3.63) is 35.4 Å². The zero-order valence-corrected chi connectivity index (χ0v) is 10.4. The maximum Gasteiger partial charge on any atom is 0.309 e. The highest BCUT2D eigenvalue weighted by Gasteiger charge is 2.33. The molecule has 1 heterocycles. The molecular formula is C14H19NO2. The van der Waals surface area contributed by atoms with E-state index < -0.39 is 0 Å². The normalized spacial score (nSPS) is 24.4. The van der Waals surface area contributed by atoms with Crippen LogP contribution in [0.4, 0.5) is 0 Å². The van der Waals surface area contributed by atoms with E-state index in [0.29, 0.717) is 0 Å². The number of piperidine rings is 1. The van der Waals surface area contributed by atoms with E-state index in [-0.39, 0.29) is 17.8 Å². The highest BCUT2D eigenvalue weighted by molar-refractivity contribution is 5.74. The Hall–Kier alpha value is -1.35. The van der Waals surface area contributed by atoms with Gasteiger partial charge in [-0.25, -0.2) is 0 Å². The highest BCUT2D eigenvalue weighted by atomic mass is 16.5. The molecule has 92 valence electrons. The van der Waals surface area contributed by atoms with Gasteiger partial charge < -0.3 is 10.1 Å². The first-order chi connectivity index (χ1) is 8.24. The number of esters is 1. The van der Waals surface area contributed by atoms with E-state index in [9.17, 15) is 4.79 Å². The summed E-state index contributed by atoms with van der Waals surface area (Å²) in [5.74, 6) is 0.138. The van der Waals surface area contributed by atoms with E-state index in [2.05, 4.69) is 24.4 Å². The van der Waals surface area contributed by atoms with Gasteiger partial charge in [0.25, 0.3) is 0 Å². The van der Waals surface area contributed by atoms with Crippen molar-refractivity contribution in [3.63, 3.8) is 0 Å². The van der Waals surface area contributed by atoms with Gasteiger partial charge in [0.2, 0.25) is 0 Å². The largest absolute Gasteiger partial charge is 0.469 e. The lowest BCUT2D eigenvalue weighted by atomic mass is 9.80. The molecule has 0 unspecified atom stereocenters. The van der Waals surface area contributed by atoms with Crippen LogP contribution in [0.25, 0.3) is 0 Å². The second-order valence-corrected chi connectivity index (χ2v) is 4.59. The van der Waals surface area contributed by atoms with Gasteiger partial charge in [-0.3, -0.25) is 4.79 Å². The average molecular weight is 233 g/mol. The summed E-state index contributed by atoms with van der Waals surface area (Å²) in [6.07, 6.45) is 0.853. The summed E-state index contributed by atoms with van der Waals surface area (Å²) >= 11 is 0. The lowest BCUT2D eigenvalue weighted by Gasteiger charge is -2.31. The SMILES string of the molecule is COC(=O)[C@@H]1CCNC[C@@H]1c1ccccc1C. The van der Waals surface area contributed by atoms with E-state index in [1.807, 2.05) is 12.1 Å². The van der Waals surface area contributed by atoms with Crippen LogP contribution in [0.2, 0.25) is 0 Å². The van der Waals surface area contributed by atoms with Gasteiger partial charge in [-0.05, 0) is 31.0 Å². The Morgan fingerprint density at radius 2 is 2.18 bits per heavy atom. The molecule has 0 aromatic heterocycles. The maximum absolute atomic E-state index is 11.8. The van der Waals surface area contributed by atoms with Crippen molar-refractivity contribution >= 4 is 5.97 Å². The average Bonchev–Trinajstić information content (AvgIpc) is 2.38. The van der Waals surface area contributed by atoms with Gasteiger partial charge in [0, 0.05) is 12.5 Å². The number of hydrogen-bond donors (Lipinski definition) is 1. The molecule has 2 rings (SSSR count). The first-order valence-electron chi connectivity index (χ1n) is 6.08.